The van der Waals surface area contributed by atoms with E-state index in [1.54, 1.807) is 99.1 Å². The van der Waals surface area contributed by atoms with E-state index in [0.29, 0.717) is 0 Å². The Balaban J connectivity index is 0.000000118. The first kappa shape index (κ1) is 56.1. The van der Waals surface area contributed by atoms with E-state index in [1.165, 1.54) is 0 Å². The summed E-state index contributed by atoms with van der Waals surface area (Å²) < 4.78 is 0. The van der Waals surface area contributed by atoms with E-state index in [2.05, 4.69) is 163 Å². The molecule has 0 atom stereocenters. The number of halogens is 1. The van der Waals surface area contributed by atoms with Crippen LogP contribution in [0.3, 0.4) is 0 Å². The average Bonchev–Trinajstić information content (AvgIpc) is 2.11. The maximum atomic E-state index is 4.11. The Bertz CT molecular complexity index is 3150. The summed E-state index contributed by atoms with van der Waals surface area (Å²) in [7, 11) is 0. The zero-order chi connectivity index (χ0) is 56.5. The zero-order valence-corrected chi connectivity index (χ0v) is 46.2. The third kappa shape index (κ3) is 9.51. The summed E-state index contributed by atoms with van der Waals surface area (Å²) >= 11 is 0. The van der Waals surface area contributed by atoms with Gasteiger partial charge in [0.2, 0.25) is 0 Å². The van der Waals surface area contributed by atoms with Gasteiger partial charge in [0, 0.05) is 120 Å². The Morgan fingerprint density at radius 1 is 0.151 bits per heavy atom. The number of nitrogens with zero attached hydrogens (tertiary/aromatic N) is 16. The molecule has 32 nitrogen and oxygen atoms in total. The molecule has 0 saturated carbocycles. The molecule has 86 heavy (non-hydrogen) atoms. The van der Waals surface area contributed by atoms with Crippen LogP contribution >= 0.6 is 0 Å². The molecule has 16 heterocycles. The summed E-state index contributed by atoms with van der Waals surface area (Å²) in [5, 5.41) is 115. The van der Waals surface area contributed by atoms with Crippen molar-refractivity contribution in [2.75, 3.05) is 0 Å². The van der Waals surface area contributed by atoms with Crippen LogP contribution in [0.4, 0.5) is 0 Å². The molecule has 0 unspecified atom stereocenters. The predicted octanol–water partition coefficient (Wildman–Crippen LogP) is -11.2. The molecule has 0 radical (unpaired) electrons. The SMILES string of the molecule is [F-].[Pd].c1cc([B-](c2ccn[nH]2)(c2ccn[nH]2)c2ccn[nH]2)[nH]n1.c1cc([B-](c2ccn[nH]2)(c2ccn[nH]2)c2ccn[nH]2)[nH]n1.c1cc([B-](c2ccn[nH]2)(c2ccn[nH]2)c2ccn[nH]2)[nH]n1.c1cc([B-](c2ccn[nH]2)(c2ccn[nH]2)c2ccn[nH]2)[nH]n1. The first-order chi connectivity index (χ1) is 41.7. The van der Waals surface area contributed by atoms with Gasteiger partial charge < -0.3 is 86.3 Å². The summed E-state index contributed by atoms with van der Waals surface area (Å²) in [4.78, 5) is 0. The molecule has 434 valence electrons. The van der Waals surface area contributed by atoms with E-state index >= 15 is 0 Å². The van der Waals surface area contributed by atoms with Gasteiger partial charge in [0.05, 0.1) is 0 Å². The summed E-state index contributed by atoms with van der Waals surface area (Å²) in [6.45, 7) is 0. The van der Waals surface area contributed by atoms with Crippen molar-refractivity contribution < 1.29 is 25.1 Å². The second kappa shape index (κ2) is 24.7. The Labute approximate surface area is 496 Å². The van der Waals surface area contributed by atoms with Crippen molar-refractivity contribution in [3.8, 4) is 0 Å². The van der Waals surface area contributed by atoms with Gasteiger partial charge in [-0.25, -0.2) is 0 Å². The van der Waals surface area contributed by atoms with Gasteiger partial charge in [0.25, 0.3) is 0 Å². The Hall–Kier alpha value is -11.8. The number of H-pyrrole nitrogens is 16. The maximum absolute atomic E-state index is 4.11. The molecular weight excluding hydrogens is 1190 g/mol. The van der Waals surface area contributed by atoms with E-state index in [9.17, 15) is 0 Å². The molecule has 16 rings (SSSR count). The molecule has 0 bridgehead atoms. The van der Waals surface area contributed by atoms with Crippen molar-refractivity contribution in [2.24, 2.45) is 0 Å². The molecule has 0 spiro atoms. The van der Waals surface area contributed by atoms with Crippen LogP contribution in [0, 0.1) is 0 Å². The molecule has 0 aliphatic carbocycles. The van der Waals surface area contributed by atoms with Crippen molar-refractivity contribution in [3.63, 3.8) is 0 Å². The summed E-state index contributed by atoms with van der Waals surface area (Å²) in [5.74, 6) is 0. The van der Waals surface area contributed by atoms with Gasteiger partial charge in [-0.15, -0.1) is 89.5 Å². The maximum Gasteiger partial charge on any atom is 0.184 e. The van der Waals surface area contributed by atoms with Crippen LogP contribution in [0.15, 0.2) is 196 Å². The third-order valence-corrected chi connectivity index (χ3v) is 15.8. The van der Waals surface area contributed by atoms with Gasteiger partial charge in [0.1, 0.15) is 0 Å². The molecule has 16 aromatic rings. The van der Waals surface area contributed by atoms with Crippen molar-refractivity contribution in [3.05, 3.63) is 196 Å². The van der Waals surface area contributed by atoms with Crippen LogP contribution in [-0.4, -0.2) is 188 Å². The molecule has 16 aromatic heterocycles. The minimum Gasteiger partial charge on any atom is -1.00 e. The van der Waals surface area contributed by atoms with Crippen LogP contribution in [-0.2, 0) is 20.4 Å². The first-order valence-electron chi connectivity index (χ1n) is 26.3. The zero-order valence-electron chi connectivity index (χ0n) is 44.6. The number of hydrogen-bond donors (Lipinski definition) is 16. The van der Waals surface area contributed by atoms with Crippen LogP contribution in [0.2, 0.25) is 0 Å². The molecule has 0 aromatic carbocycles. The van der Waals surface area contributed by atoms with Crippen molar-refractivity contribution in [1.82, 2.24) is 163 Å². The Kier molecular flexibility index (Phi) is 16.1. The minimum atomic E-state index is -1.53. The fourth-order valence-electron chi connectivity index (χ4n) is 12.1. The van der Waals surface area contributed by atoms with Crippen LogP contribution in [0.1, 0.15) is 0 Å². The molecule has 0 fully saturated rings. The summed E-state index contributed by atoms with van der Waals surface area (Å²) in [6.07, 6.45) is 21.6. The number of hydrogen-bond acceptors (Lipinski definition) is 16. The van der Waals surface area contributed by atoms with Crippen LogP contribution in [0.5, 0.6) is 0 Å². The smallest absolute Gasteiger partial charge is 0.184 e. The number of aromatic amines is 16. The van der Waals surface area contributed by atoms with Crippen molar-refractivity contribution >= 4 is 114 Å². The molecule has 38 heteroatoms. The third-order valence-electron chi connectivity index (χ3n) is 15.8. The monoisotopic (exact) mass is 1240 g/mol. The van der Waals surface area contributed by atoms with Gasteiger partial charge in [-0.2, -0.15) is 81.6 Å². The van der Waals surface area contributed by atoms with Crippen molar-refractivity contribution in [2.45, 2.75) is 0 Å². The molecule has 0 saturated heterocycles. The summed E-state index contributed by atoms with van der Waals surface area (Å²) in [6, 6.07) is 31.2. The second-order valence-corrected chi connectivity index (χ2v) is 19.7. The molecular formula is C48H48B4FN32Pd-5. The van der Waals surface area contributed by atoms with E-state index < -0.39 is 24.6 Å². The second-order valence-electron chi connectivity index (χ2n) is 19.7. The fraction of sp³-hybridized carbons (Fsp3) is 0. The van der Waals surface area contributed by atoms with Crippen LogP contribution < -0.4 is 94.2 Å². The van der Waals surface area contributed by atoms with E-state index in [-0.39, 0.29) is 25.1 Å². The minimum absolute atomic E-state index is 0. The molecule has 16 N–H and O–H groups in total. The predicted molar refractivity (Wildman–Crippen MR) is 315 cm³/mol. The Morgan fingerprint density at radius 3 is 0.267 bits per heavy atom. The van der Waals surface area contributed by atoms with Gasteiger partial charge in [-0.3, -0.25) is 0 Å². The number of aromatic nitrogens is 32. The van der Waals surface area contributed by atoms with Gasteiger partial charge in [-0.1, -0.05) is 97.1 Å². The molecule has 0 aliphatic rings. The van der Waals surface area contributed by atoms with Crippen molar-refractivity contribution in [1.29, 1.82) is 0 Å². The largest absolute Gasteiger partial charge is 1.00 e. The first-order valence-corrected chi connectivity index (χ1v) is 26.3. The number of nitrogens with one attached hydrogen (secondary N) is 16. The normalized spacial score (nSPS) is 11.5. The van der Waals surface area contributed by atoms with E-state index in [1.807, 2.05) is 97.1 Å². The van der Waals surface area contributed by atoms with Gasteiger partial charge in [-0.05, 0) is 0 Å². The standard InChI is InChI=1S/4C12H12BN8.FH.Pd/c4*1-5-14-18-9(1)13(10-2-6-15-19-10,11-3-7-16-20-11)12-4-8-17-21-12;;/h4*1-8H,(H,14,18)(H,15,19)(H,16,20)(H,17,21);1H;/q4*-1;;/p-1. The molecule has 0 amide bonds. The average molecular weight is 1240 g/mol. The van der Waals surface area contributed by atoms with Crippen LogP contribution in [0.25, 0.3) is 0 Å². The fourth-order valence-corrected chi connectivity index (χ4v) is 12.1. The molecule has 0 aliphatic heterocycles. The van der Waals surface area contributed by atoms with Gasteiger partial charge in [0.15, 0.2) is 24.6 Å². The Morgan fingerprint density at radius 2 is 0.221 bits per heavy atom. The quantitative estimate of drug-likeness (QED) is 0.0400. The topological polar surface area (TPSA) is 459 Å². The van der Waals surface area contributed by atoms with E-state index in [0.717, 1.165) is 89.5 Å². The van der Waals surface area contributed by atoms with Gasteiger partial charge >= 0.3 is 0 Å². The van der Waals surface area contributed by atoms with E-state index in [4.69, 9.17) is 0 Å². The number of rotatable bonds is 16. The summed E-state index contributed by atoms with van der Waals surface area (Å²) in [5.41, 5.74) is 15.0.